The maximum Gasteiger partial charge on any atom is 0.336 e. The van der Waals surface area contributed by atoms with Crippen LogP contribution in [0.1, 0.15) is 44.2 Å². The highest BCUT2D eigenvalue weighted by molar-refractivity contribution is 5.88. The number of unbranched alkanes of at least 4 members (excludes halogenated alkanes) is 1. The van der Waals surface area contributed by atoms with Crippen LogP contribution in [-0.2, 0) is 14.3 Å². The Hall–Kier alpha value is -3.85. The third-order valence-corrected chi connectivity index (χ3v) is 4.43. The molecule has 0 aliphatic carbocycles. The van der Waals surface area contributed by atoms with Gasteiger partial charge in [-0.2, -0.15) is 5.26 Å². The van der Waals surface area contributed by atoms with Crippen molar-refractivity contribution in [3.05, 3.63) is 77.9 Å². The van der Waals surface area contributed by atoms with E-state index >= 15 is 0 Å². The molecule has 2 rings (SSSR count). The van der Waals surface area contributed by atoms with Gasteiger partial charge in [-0.05, 0) is 67.8 Å². The van der Waals surface area contributed by atoms with Crippen molar-refractivity contribution in [2.75, 3.05) is 6.61 Å². The monoisotopic (exact) mass is 433 g/mol. The summed E-state index contributed by atoms with van der Waals surface area (Å²) in [6, 6.07) is 15.5. The molecule has 0 aliphatic rings. The van der Waals surface area contributed by atoms with E-state index in [1.54, 1.807) is 49.4 Å². The zero-order chi connectivity index (χ0) is 23.3. The average molecular weight is 434 g/mol. The molecule has 0 N–H and O–H groups in total. The van der Waals surface area contributed by atoms with Crippen LogP contribution >= 0.6 is 0 Å². The van der Waals surface area contributed by atoms with Crippen molar-refractivity contribution in [2.45, 2.75) is 39.2 Å². The highest BCUT2D eigenvalue weighted by Crippen LogP contribution is 2.16. The Kier molecular flexibility index (Phi) is 9.73. The lowest BCUT2D eigenvalue weighted by molar-refractivity contribution is -0.146. The Morgan fingerprint density at radius 2 is 1.75 bits per heavy atom. The van der Waals surface area contributed by atoms with E-state index in [4.69, 9.17) is 19.5 Å². The van der Waals surface area contributed by atoms with Gasteiger partial charge in [0.15, 0.2) is 0 Å². The molecule has 6 nitrogen and oxygen atoms in total. The van der Waals surface area contributed by atoms with Gasteiger partial charge in [-0.25, -0.2) is 9.59 Å². The molecule has 2 aromatic carbocycles. The number of ether oxygens (including phenoxy) is 3. The van der Waals surface area contributed by atoms with E-state index in [0.717, 1.165) is 24.8 Å². The highest BCUT2D eigenvalue weighted by Gasteiger charge is 2.15. The van der Waals surface area contributed by atoms with Gasteiger partial charge >= 0.3 is 11.9 Å². The molecule has 0 aromatic heterocycles. The Balaban J connectivity index is 1.87. The number of hydrogen-bond acceptors (Lipinski definition) is 6. The minimum absolute atomic E-state index is 0.255. The molecule has 1 atom stereocenters. The van der Waals surface area contributed by atoms with Crippen LogP contribution in [0.4, 0.5) is 0 Å². The third kappa shape index (κ3) is 8.49. The SMILES string of the molecule is C=C(C)C(=O)OC(CCCC)COc1ccc(/C=C/C(=O)Oc2ccc(C#N)cc2)cc1. The van der Waals surface area contributed by atoms with Gasteiger partial charge in [0.1, 0.15) is 24.2 Å². The van der Waals surface area contributed by atoms with Crippen LogP contribution in [0.15, 0.2) is 66.8 Å². The topological polar surface area (TPSA) is 85.6 Å². The van der Waals surface area contributed by atoms with Crippen LogP contribution in [0.2, 0.25) is 0 Å². The molecule has 0 saturated heterocycles. The molecule has 6 heteroatoms. The lowest BCUT2D eigenvalue weighted by Gasteiger charge is -2.18. The molecular formula is C26H27NO5. The number of nitrogens with zero attached hydrogens (tertiary/aromatic N) is 1. The lowest BCUT2D eigenvalue weighted by Crippen LogP contribution is -2.25. The highest BCUT2D eigenvalue weighted by atomic mass is 16.6. The molecular weight excluding hydrogens is 406 g/mol. The largest absolute Gasteiger partial charge is 0.490 e. The molecule has 0 saturated carbocycles. The number of esters is 2. The van der Waals surface area contributed by atoms with Crippen molar-refractivity contribution in [2.24, 2.45) is 0 Å². The molecule has 0 spiro atoms. The standard InChI is InChI=1S/C26H27NO5/c1-4-5-6-24(32-26(29)19(2)3)18-30-22-12-7-20(8-13-22)11-16-25(28)31-23-14-9-21(17-27)10-15-23/h7-16,24H,2,4-6,18H2,1,3H3/b16-11+. The summed E-state index contributed by atoms with van der Waals surface area (Å²) >= 11 is 0. The zero-order valence-electron chi connectivity index (χ0n) is 18.4. The van der Waals surface area contributed by atoms with E-state index in [-0.39, 0.29) is 12.7 Å². The fourth-order valence-electron chi connectivity index (χ4n) is 2.64. The first-order chi connectivity index (χ1) is 15.4. The molecule has 0 fully saturated rings. The first-order valence-corrected chi connectivity index (χ1v) is 10.4. The number of benzene rings is 2. The summed E-state index contributed by atoms with van der Waals surface area (Å²) in [5.74, 6) is 0.0683. The average Bonchev–Trinajstić information content (AvgIpc) is 2.80. The summed E-state index contributed by atoms with van der Waals surface area (Å²) in [5, 5.41) is 8.79. The van der Waals surface area contributed by atoms with Gasteiger partial charge in [0.05, 0.1) is 11.6 Å². The maximum absolute atomic E-state index is 12.0. The number of carbonyl (C=O) groups excluding carboxylic acids is 2. The molecule has 1 unspecified atom stereocenters. The van der Waals surface area contributed by atoms with Crippen LogP contribution in [0, 0.1) is 11.3 Å². The summed E-state index contributed by atoms with van der Waals surface area (Å²) in [6.45, 7) is 7.56. The molecule has 2 aromatic rings. The van der Waals surface area contributed by atoms with Crippen LogP contribution in [0.25, 0.3) is 6.08 Å². The van der Waals surface area contributed by atoms with E-state index in [1.165, 1.54) is 6.08 Å². The second-order valence-corrected chi connectivity index (χ2v) is 7.22. The molecule has 32 heavy (non-hydrogen) atoms. The maximum atomic E-state index is 12.0. The predicted octanol–water partition coefficient (Wildman–Crippen LogP) is 5.23. The minimum Gasteiger partial charge on any atom is -0.490 e. The molecule has 166 valence electrons. The second kappa shape index (κ2) is 12.8. The Bertz CT molecular complexity index is 984. The van der Waals surface area contributed by atoms with Crippen molar-refractivity contribution >= 4 is 18.0 Å². The molecule has 0 aliphatic heterocycles. The van der Waals surface area contributed by atoms with E-state index in [1.807, 2.05) is 18.2 Å². The van der Waals surface area contributed by atoms with E-state index in [9.17, 15) is 9.59 Å². The molecule has 0 radical (unpaired) electrons. The van der Waals surface area contributed by atoms with Gasteiger partial charge in [0.2, 0.25) is 0 Å². The Morgan fingerprint density at radius 3 is 2.34 bits per heavy atom. The van der Waals surface area contributed by atoms with Gasteiger partial charge in [-0.3, -0.25) is 0 Å². The Morgan fingerprint density at radius 1 is 1.09 bits per heavy atom. The second-order valence-electron chi connectivity index (χ2n) is 7.22. The number of nitriles is 1. The van der Waals surface area contributed by atoms with Crippen molar-refractivity contribution in [3.8, 4) is 17.6 Å². The van der Waals surface area contributed by atoms with Crippen molar-refractivity contribution in [1.82, 2.24) is 0 Å². The van der Waals surface area contributed by atoms with Crippen LogP contribution in [0.5, 0.6) is 11.5 Å². The molecule has 0 amide bonds. The first kappa shape index (κ1) is 24.4. The summed E-state index contributed by atoms with van der Waals surface area (Å²) in [4.78, 5) is 23.8. The number of carbonyl (C=O) groups is 2. The van der Waals surface area contributed by atoms with E-state index < -0.39 is 11.9 Å². The summed E-state index contributed by atoms with van der Waals surface area (Å²) in [7, 11) is 0. The molecule has 0 bridgehead atoms. The first-order valence-electron chi connectivity index (χ1n) is 10.4. The van der Waals surface area contributed by atoms with Gasteiger partial charge in [0.25, 0.3) is 0 Å². The lowest BCUT2D eigenvalue weighted by atomic mass is 10.1. The fraction of sp³-hybridized carbons (Fsp3) is 0.269. The van der Waals surface area contributed by atoms with Crippen molar-refractivity contribution in [3.63, 3.8) is 0 Å². The van der Waals surface area contributed by atoms with Gasteiger partial charge < -0.3 is 14.2 Å². The van der Waals surface area contributed by atoms with Gasteiger partial charge in [-0.1, -0.05) is 32.1 Å². The number of rotatable bonds is 11. The normalized spacial score (nSPS) is 11.4. The van der Waals surface area contributed by atoms with Crippen molar-refractivity contribution in [1.29, 1.82) is 5.26 Å². The number of hydrogen-bond donors (Lipinski definition) is 0. The fourth-order valence-corrected chi connectivity index (χ4v) is 2.64. The van der Waals surface area contributed by atoms with Crippen LogP contribution in [-0.4, -0.2) is 24.6 Å². The van der Waals surface area contributed by atoms with Crippen molar-refractivity contribution < 1.29 is 23.8 Å². The van der Waals surface area contributed by atoms with E-state index in [0.29, 0.717) is 22.6 Å². The predicted molar refractivity (Wildman–Crippen MR) is 122 cm³/mol. The quantitative estimate of drug-likeness (QED) is 0.274. The summed E-state index contributed by atoms with van der Waals surface area (Å²) in [5.41, 5.74) is 1.65. The van der Waals surface area contributed by atoms with E-state index in [2.05, 4.69) is 13.5 Å². The van der Waals surface area contributed by atoms with Gasteiger partial charge in [-0.15, -0.1) is 0 Å². The third-order valence-electron chi connectivity index (χ3n) is 4.43. The van der Waals surface area contributed by atoms with Crippen LogP contribution in [0.3, 0.4) is 0 Å². The minimum atomic E-state index is -0.520. The summed E-state index contributed by atoms with van der Waals surface area (Å²) in [6.07, 6.45) is 5.27. The smallest absolute Gasteiger partial charge is 0.336 e. The van der Waals surface area contributed by atoms with Gasteiger partial charge in [0, 0.05) is 11.6 Å². The molecule has 0 heterocycles. The zero-order valence-corrected chi connectivity index (χ0v) is 18.4. The van der Waals surface area contributed by atoms with Crippen LogP contribution < -0.4 is 9.47 Å². The Labute approximate surface area is 188 Å². The summed E-state index contributed by atoms with van der Waals surface area (Å²) < 4.78 is 16.4.